The Bertz CT molecular complexity index is 729. The summed E-state index contributed by atoms with van der Waals surface area (Å²) in [4.78, 5) is 25.5. The minimum atomic E-state index is -3.41. The maximum absolute atomic E-state index is 12.8. The zero-order chi connectivity index (χ0) is 17.2. The van der Waals surface area contributed by atoms with Crippen LogP contribution in [0.15, 0.2) is 23.1 Å². The largest absolute Gasteiger partial charge is 0.481 e. The van der Waals surface area contributed by atoms with E-state index >= 15 is 0 Å². The highest BCUT2D eigenvalue weighted by molar-refractivity contribution is 7.99. The number of carboxylic acid groups (broad SMARTS) is 1. The molecule has 0 bridgehead atoms. The zero-order valence-corrected chi connectivity index (χ0v) is 14.6. The average molecular weight is 357 g/mol. The van der Waals surface area contributed by atoms with Gasteiger partial charge in [0.1, 0.15) is 0 Å². The molecular weight excluding hydrogens is 338 g/mol. The van der Waals surface area contributed by atoms with Crippen molar-refractivity contribution in [3.63, 3.8) is 0 Å². The lowest BCUT2D eigenvalue weighted by atomic mass is 10.1. The van der Waals surface area contributed by atoms with Gasteiger partial charge >= 0.3 is 5.97 Å². The molecule has 2 rings (SSSR count). The zero-order valence-electron chi connectivity index (χ0n) is 13.0. The summed E-state index contributed by atoms with van der Waals surface area (Å²) in [7, 11) is -3.41. The summed E-state index contributed by atoms with van der Waals surface area (Å²) < 4.78 is 23.4. The van der Waals surface area contributed by atoms with Crippen LogP contribution in [0.2, 0.25) is 0 Å². The summed E-state index contributed by atoms with van der Waals surface area (Å²) >= 11 is 1.62. The Hall–Kier alpha value is -1.54. The molecule has 1 aromatic carbocycles. The molecule has 1 saturated heterocycles. The number of carbonyl (C=O) groups is 2. The highest BCUT2D eigenvalue weighted by Gasteiger charge is 2.30. The Morgan fingerprint density at radius 3 is 2.70 bits per heavy atom. The lowest BCUT2D eigenvalue weighted by Gasteiger charge is -2.35. The van der Waals surface area contributed by atoms with Crippen LogP contribution in [0, 0.1) is 6.92 Å². The van der Waals surface area contributed by atoms with Crippen LogP contribution >= 0.6 is 11.8 Å². The van der Waals surface area contributed by atoms with E-state index in [0.717, 1.165) is 12.0 Å². The third-order valence-corrected chi connectivity index (χ3v) is 5.97. The van der Waals surface area contributed by atoms with Crippen molar-refractivity contribution in [2.75, 3.05) is 24.3 Å². The van der Waals surface area contributed by atoms with Gasteiger partial charge in [0.2, 0.25) is 0 Å². The normalized spacial score (nSPS) is 18.7. The number of benzene rings is 1. The van der Waals surface area contributed by atoms with E-state index in [1.54, 1.807) is 29.7 Å². The van der Waals surface area contributed by atoms with Gasteiger partial charge < -0.3 is 10.0 Å². The molecule has 1 heterocycles. The second-order valence-electron chi connectivity index (χ2n) is 5.57. The summed E-state index contributed by atoms with van der Waals surface area (Å²) in [6.45, 7) is 2.20. The first-order chi connectivity index (χ1) is 10.7. The van der Waals surface area contributed by atoms with E-state index < -0.39 is 15.8 Å². The van der Waals surface area contributed by atoms with Crippen LogP contribution in [0.5, 0.6) is 0 Å². The summed E-state index contributed by atoms with van der Waals surface area (Å²) in [6, 6.07) is 4.09. The minimum Gasteiger partial charge on any atom is -0.481 e. The molecule has 0 radical (unpaired) electrons. The van der Waals surface area contributed by atoms with Gasteiger partial charge in [0.05, 0.1) is 17.4 Å². The molecule has 23 heavy (non-hydrogen) atoms. The van der Waals surface area contributed by atoms with E-state index in [9.17, 15) is 18.0 Å². The third kappa shape index (κ3) is 4.26. The molecule has 1 atom stereocenters. The summed E-state index contributed by atoms with van der Waals surface area (Å²) in [6.07, 6.45) is 0.986. The van der Waals surface area contributed by atoms with Crippen molar-refractivity contribution in [3.8, 4) is 0 Å². The number of aryl methyl sites for hydroxylation is 1. The average Bonchev–Trinajstić information content (AvgIpc) is 2.46. The highest BCUT2D eigenvalue weighted by Crippen LogP contribution is 2.24. The third-order valence-electron chi connectivity index (χ3n) is 3.77. The molecule has 8 heteroatoms. The number of hydrogen-bond acceptors (Lipinski definition) is 5. The van der Waals surface area contributed by atoms with Crippen molar-refractivity contribution in [2.45, 2.75) is 24.3 Å². The predicted octanol–water partition coefficient (Wildman–Crippen LogP) is 1.43. The number of sulfone groups is 1. The maximum atomic E-state index is 12.8. The quantitative estimate of drug-likeness (QED) is 0.876. The molecule has 126 valence electrons. The monoisotopic (exact) mass is 357 g/mol. The van der Waals surface area contributed by atoms with Gasteiger partial charge in [0.25, 0.3) is 5.91 Å². The van der Waals surface area contributed by atoms with Crippen molar-refractivity contribution in [3.05, 3.63) is 29.3 Å². The lowest BCUT2D eigenvalue weighted by Crippen LogP contribution is -2.47. The number of thioether (sulfide) groups is 1. The number of hydrogen-bond donors (Lipinski definition) is 1. The van der Waals surface area contributed by atoms with E-state index in [1.165, 1.54) is 12.1 Å². The number of aliphatic carboxylic acids is 1. The Kier molecular flexibility index (Phi) is 5.36. The molecular formula is C15H19NO5S2. The fraction of sp³-hybridized carbons (Fsp3) is 0.467. The molecule has 1 aliphatic heterocycles. The van der Waals surface area contributed by atoms with Crippen LogP contribution in [0.3, 0.4) is 0 Å². The Labute approximate surface area is 139 Å². The standard InChI is InChI=1S/C15H19NO5S2/c1-10-3-4-12(23(2,20)21)8-13(10)15(19)16-5-6-22-9-11(16)7-14(17)18/h3-4,8,11H,5-7,9H2,1-2H3,(H,17,18). The van der Waals surface area contributed by atoms with Crippen LogP contribution < -0.4 is 0 Å². The van der Waals surface area contributed by atoms with E-state index in [2.05, 4.69) is 0 Å². The molecule has 0 saturated carbocycles. The van der Waals surface area contributed by atoms with Crippen LogP contribution in [0.25, 0.3) is 0 Å². The second-order valence-corrected chi connectivity index (χ2v) is 8.74. The van der Waals surface area contributed by atoms with Crippen LogP contribution in [-0.4, -0.2) is 60.6 Å². The van der Waals surface area contributed by atoms with Gasteiger partial charge in [-0.2, -0.15) is 11.8 Å². The van der Waals surface area contributed by atoms with Crippen molar-refractivity contribution in [1.29, 1.82) is 0 Å². The van der Waals surface area contributed by atoms with Crippen molar-refractivity contribution >= 4 is 33.5 Å². The summed E-state index contributed by atoms with van der Waals surface area (Å²) in [5.74, 6) is 0.0617. The van der Waals surface area contributed by atoms with Gasteiger partial charge in [0, 0.05) is 29.9 Å². The van der Waals surface area contributed by atoms with Crippen LogP contribution in [-0.2, 0) is 14.6 Å². The van der Waals surface area contributed by atoms with Gasteiger partial charge in [0.15, 0.2) is 9.84 Å². The molecule has 1 amide bonds. The van der Waals surface area contributed by atoms with E-state index in [1.807, 2.05) is 0 Å². The molecule has 6 nitrogen and oxygen atoms in total. The molecule has 0 aliphatic carbocycles. The Balaban J connectivity index is 2.36. The smallest absolute Gasteiger partial charge is 0.305 e. The first kappa shape index (κ1) is 17.8. The number of amides is 1. The molecule has 0 aromatic heterocycles. The molecule has 0 spiro atoms. The highest BCUT2D eigenvalue weighted by atomic mass is 32.2. The molecule has 1 aliphatic rings. The predicted molar refractivity (Wildman–Crippen MR) is 88.7 cm³/mol. The fourth-order valence-electron chi connectivity index (χ4n) is 2.51. The van der Waals surface area contributed by atoms with Crippen molar-refractivity contribution < 1.29 is 23.1 Å². The SMILES string of the molecule is Cc1ccc(S(C)(=O)=O)cc1C(=O)N1CCSCC1CC(=O)O. The molecule has 1 fully saturated rings. The molecule has 1 N–H and O–H groups in total. The Morgan fingerprint density at radius 2 is 2.09 bits per heavy atom. The summed E-state index contributed by atoms with van der Waals surface area (Å²) in [5, 5.41) is 9.01. The van der Waals surface area contributed by atoms with E-state index in [4.69, 9.17) is 5.11 Å². The first-order valence-electron chi connectivity index (χ1n) is 7.11. The van der Waals surface area contributed by atoms with E-state index in [0.29, 0.717) is 23.4 Å². The number of nitrogens with zero attached hydrogens (tertiary/aromatic N) is 1. The summed E-state index contributed by atoms with van der Waals surface area (Å²) in [5.41, 5.74) is 0.991. The number of rotatable bonds is 4. The first-order valence-corrected chi connectivity index (χ1v) is 10.2. The molecule has 1 aromatic rings. The van der Waals surface area contributed by atoms with Gasteiger partial charge in [-0.1, -0.05) is 6.07 Å². The number of carbonyl (C=O) groups excluding carboxylic acids is 1. The maximum Gasteiger partial charge on any atom is 0.305 e. The molecule has 1 unspecified atom stereocenters. The van der Waals surface area contributed by atoms with Gasteiger partial charge in [-0.05, 0) is 24.6 Å². The lowest BCUT2D eigenvalue weighted by molar-refractivity contribution is -0.138. The minimum absolute atomic E-state index is 0.0904. The van der Waals surface area contributed by atoms with Gasteiger partial charge in [-0.25, -0.2) is 8.42 Å². The van der Waals surface area contributed by atoms with Gasteiger partial charge in [-0.3, -0.25) is 9.59 Å². The van der Waals surface area contributed by atoms with Crippen molar-refractivity contribution in [2.24, 2.45) is 0 Å². The van der Waals surface area contributed by atoms with Crippen molar-refractivity contribution in [1.82, 2.24) is 4.90 Å². The van der Waals surface area contributed by atoms with E-state index in [-0.39, 0.29) is 23.3 Å². The second kappa shape index (κ2) is 6.92. The topological polar surface area (TPSA) is 91.8 Å². The fourth-order valence-corrected chi connectivity index (χ4v) is 4.22. The van der Waals surface area contributed by atoms with Gasteiger partial charge in [-0.15, -0.1) is 0 Å². The Morgan fingerprint density at radius 1 is 1.39 bits per heavy atom. The van der Waals surface area contributed by atoms with Crippen LogP contribution in [0.1, 0.15) is 22.3 Å². The van der Waals surface area contributed by atoms with Crippen LogP contribution in [0.4, 0.5) is 0 Å². The number of carboxylic acids is 1.